The lowest BCUT2D eigenvalue weighted by atomic mass is 9.94. The fraction of sp³-hybridized carbons (Fsp3) is 0.435. The van der Waals surface area contributed by atoms with Gasteiger partial charge in [-0.2, -0.15) is 18.0 Å². The number of likely N-dealkylation sites (tertiary alicyclic amines) is 1. The predicted molar refractivity (Wildman–Crippen MR) is 126 cm³/mol. The van der Waals surface area contributed by atoms with Crippen LogP contribution in [-0.2, 0) is 10.2 Å². The Morgan fingerprint density at radius 1 is 1.29 bits per heavy atom. The van der Waals surface area contributed by atoms with Gasteiger partial charge in [0.15, 0.2) is 0 Å². The van der Waals surface area contributed by atoms with Crippen molar-refractivity contribution in [2.75, 3.05) is 32.0 Å². The number of nitrogens with zero attached hydrogens (tertiary/aromatic N) is 4. The van der Waals surface area contributed by atoms with Crippen molar-refractivity contribution in [2.45, 2.75) is 32.2 Å². The Labute approximate surface area is 198 Å². The summed E-state index contributed by atoms with van der Waals surface area (Å²) in [6.07, 6.45) is 2.34. The number of pyridine rings is 1. The molecular formula is C23H27FN6O3S. The summed E-state index contributed by atoms with van der Waals surface area (Å²) in [4.78, 5) is 18.9. The summed E-state index contributed by atoms with van der Waals surface area (Å²) in [5, 5.41) is 11.8. The number of aromatic nitrogens is 1. The van der Waals surface area contributed by atoms with Gasteiger partial charge in [0.05, 0.1) is 5.69 Å². The largest absolute Gasteiger partial charge is 0.333 e. The van der Waals surface area contributed by atoms with Gasteiger partial charge >= 0.3 is 16.2 Å². The summed E-state index contributed by atoms with van der Waals surface area (Å²) in [6, 6.07) is 6.78. The number of nitriles is 1. The number of benzene rings is 1. The van der Waals surface area contributed by atoms with Crippen LogP contribution in [0.3, 0.4) is 0 Å². The third kappa shape index (κ3) is 4.75. The highest BCUT2D eigenvalue weighted by molar-refractivity contribution is 7.87. The first-order chi connectivity index (χ1) is 16.1. The molecule has 1 aromatic carbocycles. The van der Waals surface area contributed by atoms with Crippen molar-refractivity contribution in [3.05, 3.63) is 47.5 Å². The second kappa shape index (κ2) is 9.29. The molecule has 2 saturated heterocycles. The first-order valence-electron chi connectivity index (χ1n) is 11.1. The zero-order valence-electron chi connectivity index (χ0n) is 19.2. The Morgan fingerprint density at radius 2 is 2.06 bits per heavy atom. The molecule has 2 unspecified atom stereocenters. The maximum atomic E-state index is 14.5. The van der Waals surface area contributed by atoms with Crippen LogP contribution >= 0.6 is 0 Å². The molecule has 2 aromatic rings. The molecule has 0 saturated carbocycles. The average Bonchev–Trinajstić information content (AvgIpc) is 3.37. The number of anilines is 1. The molecule has 9 nitrogen and oxygen atoms in total. The molecule has 0 radical (unpaired) electrons. The fourth-order valence-electron chi connectivity index (χ4n) is 4.76. The Kier molecular flexibility index (Phi) is 6.58. The van der Waals surface area contributed by atoms with Crippen LogP contribution in [0, 0.1) is 23.1 Å². The highest BCUT2D eigenvalue weighted by Crippen LogP contribution is 2.36. The summed E-state index contributed by atoms with van der Waals surface area (Å²) in [5.41, 5.74) is 1.71. The summed E-state index contributed by atoms with van der Waals surface area (Å²) in [7, 11) is -2.08. The molecule has 2 aliphatic heterocycles. The Hall–Kier alpha value is -3.07. The van der Waals surface area contributed by atoms with E-state index in [1.807, 2.05) is 27.0 Å². The zero-order chi connectivity index (χ0) is 24.6. The number of hydrogen-bond acceptors (Lipinski definition) is 6. The van der Waals surface area contributed by atoms with Crippen LogP contribution in [0.4, 0.5) is 14.9 Å². The summed E-state index contributed by atoms with van der Waals surface area (Å²) in [5.74, 6) is -0.436. The van der Waals surface area contributed by atoms with E-state index >= 15 is 0 Å². The van der Waals surface area contributed by atoms with Gasteiger partial charge in [-0.15, -0.1) is 0 Å². The Balaban J connectivity index is 1.61. The van der Waals surface area contributed by atoms with E-state index in [1.165, 1.54) is 28.7 Å². The smallest absolute Gasteiger partial charge is 0.306 e. The van der Waals surface area contributed by atoms with E-state index in [0.717, 1.165) is 13.0 Å². The fourth-order valence-corrected chi connectivity index (χ4v) is 5.91. The van der Waals surface area contributed by atoms with Crippen molar-refractivity contribution >= 4 is 21.9 Å². The highest BCUT2D eigenvalue weighted by atomic mass is 32.2. The number of likely N-dealkylation sites (N-methyl/N-ethyl adjacent to an activating group) is 1. The normalized spacial score (nSPS) is 20.8. The lowest BCUT2D eigenvalue weighted by Crippen LogP contribution is -2.45. The molecule has 34 heavy (non-hydrogen) atoms. The topological polar surface area (TPSA) is 118 Å². The van der Waals surface area contributed by atoms with E-state index in [-0.39, 0.29) is 29.3 Å². The van der Waals surface area contributed by atoms with Crippen molar-refractivity contribution < 1.29 is 17.6 Å². The van der Waals surface area contributed by atoms with Crippen molar-refractivity contribution in [2.24, 2.45) is 5.92 Å². The second-order valence-electron chi connectivity index (χ2n) is 9.09. The van der Waals surface area contributed by atoms with Crippen molar-refractivity contribution in [3.8, 4) is 17.2 Å². The molecule has 2 aliphatic rings. The highest BCUT2D eigenvalue weighted by Gasteiger charge is 2.44. The molecule has 0 spiro atoms. The minimum atomic E-state index is -4.06. The summed E-state index contributed by atoms with van der Waals surface area (Å²) >= 11 is 0. The first kappa shape index (κ1) is 24.1. The monoisotopic (exact) mass is 486 g/mol. The van der Waals surface area contributed by atoms with Crippen LogP contribution in [-0.4, -0.2) is 61.4 Å². The Morgan fingerprint density at radius 3 is 2.74 bits per heavy atom. The molecule has 0 aliphatic carbocycles. The molecule has 11 heteroatoms. The number of rotatable bonds is 5. The molecule has 0 bridgehead atoms. The third-order valence-corrected chi connectivity index (χ3v) is 7.95. The Bertz CT molecular complexity index is 1260. The number of carbonyl (C=O) groups is 1. The molecule has 1 aromatic heterocycles. The maximum Gasteiger partial charge on any atom is 0.333 e. The van der Waals surface area contributed by atoms with Crippen molar-refractivity contribution in [1.29, 1.82) is 5.26 Å². The van der Waals surface area contributed by atoms with Gasteiger partial charge in [0.25, 0.3) is 0 Å². The van der Waals surface area contributed by atoms with Crippen molar-refractivity contribution in [3.63, 3.8) is 0 Å². The van der Waals surface area contributed by atoms with Crippen LogP contribution in [0.2, 0.25) is 0 Å². The van der Waals surface area contributed by atoms with E-state index in [2.05, 4.69) is 19.9 Å². The van der Waals surface area contributed by atoms with Gasteiger partial charge in [0, 0.05) is 30.9 Å². The van der Waals surface area contributed by atoms with Gasteiger partial charge in [0.1, 0.15) is 17.6 Å². The number of fused-ring (bicyclic) bond motifs is 1. The van der Waals surface area contributed by atoms with Gasteiger partial charge in [0.2, 0.25) is 0 Å². The van der Waals surface area contributed by atoms with E-state index in [4.69, 9.17) is 0 Å². The lowest BCUT2D eigenvalue weighted by Gasteiger charge is -2.22. The first-order valence-corrected chi connectivity index (χ1v) is 12.5. The zero-order valence-corrected chi connectivity index (χ0v) is 20.1. The molecule has 2 amide bonds. The van der Waals surface area contributed by atoms with Gasteiger partial charge in [-0.3, -0.25) is 0 Å². The van der Waals surface area contributed by atoms with Gasteiger partial charge in [-0.1, -0.05) is 13.8 Å². The third-order valence-electron chi connectivity index (χ3n) is 6.53. The van der Waals surface area contributed by atoms with Crippen LogP contribution < -0.4 is 10.0 Å². The SMILES string of the molecule is CC(C)c1cc(F)cc(-c2ccnc(C#N)c2)c1NC(=O)NS(=O)(=O)N1CC2CCN(C)C2C1. The number of hydrogen-bond donors (Lipinski definition) is 2. The number of halogens is 1. The number of urea groups is 1. The van der Waals surface area contributed by atoms with Gasteiger partial charge in [-0.05, 0) is 67.2 Å². The van der Waals surface area contributed by atoms with Gasteiger partial charge < -0.3 is 10.2 Å². The van der Waals surface area contributed by atoms with Crippen LogP contribution in [0.15, 0.2) is 30.5 Å². The van der Waals surface area contributed by atoms with E-state index < -0.39 is 22.1 Å². The molecule has 2 N–H and O–H groups in total. The predicted octanol–water partition coefficient (Wildman–Crippen LogP) is 2.88. The molecule has 180 valence electrons. The average molecular weight is 487 g/mol. The van der Waals surface area contributed by atoms with E-state index in [9.17, 15) is 22.9 Å². The minimum absolute atomic E-state index is 0.135. The number of carbonyl (C=O) groups excluding carboxylic acids is 1. The van der Waals surface area contributed by atoms with Gasteiger partial charge in [-0.25, -0.2) is 18.9 Å². The maximum absolute atomic E-state index is 14.5. The number of nitrogens with one attached hydrogen (secondary N) is 2. The molecule has 3 heterocycles. The second-order valence-corrected chi connectivity index (χ2v) is 10.8. The van der Waals surface area contributed by atoms with Crippen LogP contribution in [0.25, 0.3) is 11.1 Å². The quantitative estimate of drug-likeness (QED) is 0.671. The molecule has 4 rings (SSSR count). The summed E-state index contributed by atoms with van der Waals surface area (Å²) in [6.45, 7) is 5.31. The molecular weight excluding hydrogens is 459 g/mol. The minimum Gasteiger partial charge on any atom is -0.306 e. The van der Waals surface area contributed by atoms with Crippen molar-refractivity contribution in [1.82, 2.24) is 18.9 Å². The van der Waals surface area contributed by atoms with Crippen LogP contribution in [0.5, 0.6) is 0 Å². The molecule has 2 fully saturated rings. The van der Waals surface area contributed by atoms with Crippen LogP contribution in [0.1, 0.15) is 37.4 Å². The number of amides is 2. The van der Waals surface area contributed by atoms with E-state index in [1.54, 1.807) is 6.07 Å². The lowest BCUT2D eigenvalue weighted by molar-refractivity contribution is 0.255. The summed E-state index contributed by atoms with van der Waals surface area (Å²) < 4.78 is 43.7. The van der Waals surface area contributed by atoms with E-state index in [0.29, 0.717) is 29.8 Å². The molecule has 2 atom stereocenters. The standard InChI is InChI=1S/C23H27FN6O3S/c1-14(2)19-9-17(24)10-20(15-4-6-26-18(8-15)11-25)22(19)27-23(31)28-34(32,33)30-12-16-5-7-29(3)21(16)13-30/h4,6,8-10,14,16,21H,5,7,12-13H2,1-3H3,(H2,27,28,31).